The van der Waals surface area contributed by atoms with Crippen LogP contribution in [0.4, 0.5) is 4.79 Å². The number of nitrogens with one attached hydrogen (secondary N) is 1. The predicted molar refractivity (Wildman–Crippen MR) is 139 cm³/mol. The number of imide groups is 1. The Kier molecular flexibility index (Phi) is 6.67. The number of hydrogen-bond acceptors (Lipinski definition) is 4. The summed E-state index contributed by atoms with van der Waals surface area (Å²) >= 11 is 0. The van der Waals surface area contributed by atoms with Gasteiger partial charge in [0, 0.05) is 0 Å². The molecule has 1 N–H and O–H groups in total. The van der Waals surface area contributed by atoms with Crippen molar-refractivity contribution < 1.29 is 19.1 Å². The van der Waals surface area contributed by atoms with Gasteiger partial charge in [-0.25, -0.2) is 4.79 Å². The second-order valence-corrected chi connectivity index (χ2v) is 8.47. The molecule has 1 fully saturated rings. The number of carbonyl (C=O) groups is 2. The fraction of sp³-hybridized carbons (Fsp3) is 0.133. The first-order valence-corrected chi connectivity index (χ1v) is 11.9. The smallest absolute Gasteiger partial charge is 0.329 e. The van der Waals surface area contributed by atoms with E-state index >= 15 is 0 Å². The van der Waals surface area contributed by atoms with Gasteiger partial charge in [-0.3, -0.25) is 9.69 Å². The van der Waals surface area contributed by atoms with Crippen molar-refractivity contribution >= 4 is 28.8 Å². The van der Waals surface area contributed by atoms with Gasteiger partial charge in [-0.15, -0.1) is 0 Å². The Morgan fingerprint density at radius 3 is 2.36 bits per heavy atom. The van der Waals surface area contributed by atoms with Gasteiger partial charge in [-0.1, -0.05) is 72.8 Å². The summed E-state index contributed by atoms with van der Waals surface area (Å²) in [5.74, 6) is 0.823. The number of urea groups is 1. The van der Waals surface area contributed by atoms with Crippen LogP contribution in [0, 0.1) is 0 Å². The van der Waals surface area contributed by atoms with Crippen molar-refractivity contribution in [1.29, 1.82) is 0 Å². The number of ether oxygens (including phenoxy) is 2. The second-order valence-electron chi connectivity index (χ2n) is 8.47. The SMILES string of the molecule is CCOc1cc(/C=C2/NC(=O)N(Cc3ccccc3)C2=O)ccc1OCc1ccc2ccccc2c1. The molecule has 0 unspecified atom stereocenters. The monoisotopic (exact) mass is 478 g/mol. The first kappa shape index (κ1) is 23.2. The minimum absolute atomic E-state index is 0.217. The van der Waals surface area contributed by atoms with Crippen LogP contribution in [0.5, 0.6) is 11.5 Å². The maximum atomic E-state index is 12.9. The highest BCUT2D eigenvalue weighted by molar-refractivity contribution is 6.13. The molecule has 1 saturated heterocycles. The van der Waals surface area contributed by atoms with Crippen molar-refractivity contribution in [2.24, 2.45) is 0 Å². The van der Waals surface area contributed by atoms with Crippen LogP contribution in [-0.4, -0.2) is 23.4 Å². The molecule has 0 radical (unpaired) electrons. The van der Waals surface area contributed by atoms with Crippen molar-refractivity contribution in [2.75, 3.05) is 6.61 Å². The van der Waals surface area contributed by atoms with E-state index in [0.717, 1.165) is 22.1 Å². The van der Waals surface area contributed by atoms with E-state index in [1.165, 1.54) is 10.3 Å². The standard InChI is InChI=1S/C30H26N2O4/c1-2-35-28-18-22(17-26-29(33)32(30(34)31-26)19-21-8-4-3-5-9-21)13-15-27(28)36-20-23-12-14-24-10-6-7-11-25(24)16-23/h3-18H,2,19-20H2,1H3,(H,31,34)/b26-17+. The van der Waals surface area contributed by atoms with Gasteiger partial charge in [0.05, 0.1) is 13.2 Å². The molecule has 0 aromatic heterocycles. The number of rotatable bonds is 8. The van der Waals surface area contributed by atoms with E-state index in [1.54, 1.807) is 6.08 Å². The van der Waals surface area contributed by atoms with Crippen LogP contribution in [-0.2, 0) is 17.9 Å². The molecule has 0 aliphatic carbocycles. The summed E-state index contributed by atoms with van der Waals surface area (Å²) in [4.78, 5) is 26.5. The molecular weight excluding hydrogens is 452 g/mol. The van der Waals surface area contributed by atoms with Gasteiger partial charge in [-0.05, 0) is 58.7 Å². The fourth-order valence-electron chi connectivity index (χ4n) is 4.14. The maximum absolute atomic E-state index is 12.9. The first-order valence-electron chi connectivity index (χ1n) is 11.9. The van der Waals surface area contributed by atoms with Crippen LogP contribution >= 0.6 is 0 Å². The van der Waals surface area contributed by atoms with Crippen LogP contribution in [0.1, 0.15) is 23.6 Å². The van der Waals surface area contributed by atoms with E-state index in [4.69, 9.17) is 9.47 Å². The molecule has 1 heterocycles. The Balaban J connectivity index is 1.32. The molecule has 36 heavy (non-hydrogen) atoms. The van der Waals surface area contributed by atoms with Crippen molar-refractivity contribution in [2.45, 2.75) is 20.1 Å². The summed E-state index contributed by atoms with van der Waals surface area (Å²) in [5.41, 5.74) is 2.89. The Hall–Kier alpha value is -4.58. The van der Waals surface area contributed by atoms with Crippen molar-refractivity contribution in [1.82, 2.24) is 10.2 Å². The third-order valence-electron chi connectivity index (χ3n) is 5.93. The predicted octanol–water partition coefficient (Wildman–Crippen LogP) is 5.91. The molecular formula is C30H26N2O4. The lowest BCUT2D eigenvalue weighted by atomic mass is 10.1. The molecule has 6 nitrogen and oxygen atoms in total. The summed E-state index contributed by atoms with van der Waals surface area (Å²) < 4.78 is 11.9. The van der Waals surface area contributed by atoms with Crippen molar-refractivity contribution in [3.8, 4) is 11.5 Å². The van der Waals surface area contributed by atoms with Gasteiger partial charge in [0.1, 0.15) is 12.3 Å². The van der Waals surface area contributed by atoms with Crippen LogP contribution in [0.15, 0.2) is 96.7 Å². The number of hydrogen-bond donors (Lipinski definition) is 1. The minimum Gasteiger partial charge on any atom is -0.490 e. The number of fused-ring (bicyclic) bond motifs is 1. The van der Waals surface area contributed by atoms with E-state index in [-0.39, 0.29) is 18.1 Å². The second kappa shape index (κ2) is 10.4. The molecule has 4 aromatic rings. The maximum Gasteiger partial charge on any atom is 0.329 e. The summed E-state index contributed by atoms with van der Waals surface area (Å²) in [7, 11) is 0. The Labute approximate surface area is 209 Å². The zero-order valence-electron chi connectivity index (χ0n) is 19.9. The average molecular weight is 479 g/mol. The van der Waals surface area contributed by atoms with E-state index < -0.39 is 6.03 Å². The van der Waals surface area contributed by atoms with Gasteiger partial charge in [0.15, 0.2) is 11.5 Å². The average Bonchev–Trinajstić information content (AvgIpc) is 3.16. The largest absolute Gasteiger partial charge is 0.490 e. The van der Waals surface area contributed by atoms with E-state index in [9.17, 15) is 9.59 Å². The quantitative estimate of drug-likeness (QED) is 0.253. The van der Waals surface area contributed by atoms with Crippen molar-refractivity contribution in [3.63, 3.8) is 0 Å². The molecule has 1 aliphatic heterocycles. The Morgan fingerprint density at radius 1 is 0.778 bits per heavy atom. The molecule has 0 atom stereocenters. The van der Waals surface area contributed by atoms with E-state index in [0.29, 0.717) is 24.7 Å². The molecule has 0 bridgehead atoms. The summed E-state index contributed by atoms with van der Waals surface area (Å²) in [5, 5.41) is 5.02. The van der Waals surface area contributed by atoms with Gasteiger partial charge in [0.25, 0.3) is 5.91 Å². The van der Waals surface area contributed by atoms with Crippen LogP contribution in [0.2, 0.25) is 0 Å². The van der Waals surface area contributed by atoms with Crippen molar-refractivity contribution in [3.05, 3.63) is 113 Å². The third-order valence-corrected chi connectivity index (χ3v) is 5.93. The van der Waals surface area contributed by atoms with Gasteiger partial charge >= 0.3 is 6.03 Å². The molecule has 0 saturated carbocycles. The summed E-state index contributed by atoms with van der Waals surface area (Å²) in [6.45, 7) is 2.98. The molecule has 5 rings (SSSR count). The van der Waals surface area contributed by atoms with Crippen LogP contribution in [0.3, 0.4) is 0 Å². The Bertz CT molecular complexity index is 1450. The zero-order valence-corrected chi connectivity index (χ0v) is 19.9. The van der Waals surface area contributed by atoms with E-state index in [1.807, 2.05) is 67.6 Å². The van der Waals surface area contributed by atoms with Gasteiger partial charge < -0.3 is 14.8 Å². The van der Waals surface area contributed by atoms with Gasteiger partial charge in [0.2, 0.25) is 0 Å². The highest BCUT2D eigenvalue weighted by Crippen LogP contribution is 2.31. The fourth-order valence-corrected chi connectivity index (χ4v) is 4.14. The Morgan fingerprint density at radius 2 is 1.56 bits per heavy atom. The molecule has 3 amide bonds. The number of benzene rings is 4. The number of amides is 3. The molecule has 1 aliphatic rings. The van der Waals surface area contributed by atoms with E-state index in [2.05, 4.69) is 35.6 Å². The number of nitrogens with zero attached hydrogens (tertiary/aromatic N) is 1. The lowest BCUT2D eigenvalue weighted by Crippen LogP contribution is -2.30. The molecule has 6 heteroatoms. The van der Waals surface area contributed by atoms with Crippen LogP contribution < -0.4 is 14.8 Å². The lowest BCUT2D eigenvalue weighted by molar-refractivity contribution is -0.123. The first-order chi connectivity index (χ1) is 17.6. The zero-order chi connectivity index (χ0) is 24.9. The summed E-state index contributed by atoms with van der Waals surface area (Å²) in [6.07, 6.45) is 1.65. The highest BCUT2D eigenvalue weighted by atomic mass is 16.5. The minimum atomic E-state index is -0.435. The highest BCUT2D eigenvalue weighted by Gasteiger charge is 2.33. The van der Waals surface area contributed by atoms with Gasteiger partial charge in [-0.2, -0.15) is 0 Å². The molecule has 0 spiro atoms. The third kappa shape index (κ3) is 5.08. The molecule has 4 aromatic carbocycles. The molecule has 180 valence electrons. The topological polar surface area (TPSA) is 67.9 Å². The normalized spacial score (nSPS) is 14.4. The summed E-state index contributed by atoms with van der Waals surface area (Å²) in [6, 6.07) is 28.9. The van der Waals surface area contributed by atoms with Crippen LogP contribution in [0.25, 0.3) is 16.8 Å². The number of carbonyl (C=O) groups excluding carboxylic acids is 2. The lowest BCUT2D eigenvalue weighted by Gasteiger charge is -2.13.